The van der Waals surface area contributed by atoms with E-state index in [1.54, 1.807) is 0 Å². The Hall–Kier alpha value is -2.08. The number of thiol groups is 1. The summed E-state index contributed by atoms with van der Waals surface area (Å²) >= 11 is 4.75. The highest BCUT2D eigenvalue weighted by Gasteiger charge is 2.19. The highest BCUT2D eigenvalue weighted by Crippen LogP contribution is 2.37. The third-order valence-corrected chi connectivity index (χ3v) is 6.99. The molecule has 116 valence electrons. The molecule has 0 spiro atoms. The van der Waals surface area contributed by atoms with Crippen LogP contribution in [0.25, 0.3) is 10.8 Å². The van der Waals surface area contributed by atoms with E-state index in [1.165, 1.54) is 26.7 Å². The summed E-state index contributed by atoms with van der Waals surface area (Å²) in [6, 6.07) is 34.5. The highest BCUT2D eigenvalue weighted by molar-refractivity contribution is 7.81. The Labute approximate surface area is 149 Å². The summed E-state index contributed by atoms with van der Waals surface area (Å²) in [5.41, 5.74) is 0. The number of benzene rings is 4. The second kappa shape index (κ2) is 6.81. The van der Waals surface area contributed by atoms with E-state index < -0.39 is 7.92 Å². The molecule has 0 N–H and O–H groups in total. The monoisotopic (exact) mass is 344 g/mol. The average molecular weight is 344 g/mol. The van der Waals surface area contributed by atoms with Crippen LogP contribution < -0.4 is 15.9 Å². The van der Waals surface area contributed by atoms with E-state index in [1.807, 2.05) is 0 Å². The Kier molecular flexibility index (Phi) is 4.38. The third-order valence-electron chi connectivity index (χ3n) is 4.13. The maximum Gasteiger partial charge on any atom is 0.0125 e. The summed E-state index contributed by atoms with van der Waals surface area (Å²) in [5.74, 6) is 0. The molecule has 0 atom stereocenters. The first-order valence-corrected chi connectivity index (χ1v) is 9.74. The minimum Gasteiger partial charge on any atom is -0.143 e. The second-order valence-electron chi connectivity index (χ2n) is 5.66. The molecule has 0 saturated carbocycles. The van der Waals surface area contributed by atoms with E-state index in [4.69, 9.17) is 12.6 Å². The predicted octanol–water partition coefficient (Wildman–Crippen LogP) is 4.89. The van der Waals surface area contributed by atoms with Gasteiger partial charge in [0.1, 0.15) is 0 Å². The van der Waals surface area contributed by atoms with Crippen LogP contribution in [0.4, 0.5) is 0 Å². The molecule has 4 aromatic rings. The normalized spacial score (nSPS) is 11.1. The van der Waals surface area contributed by atoms with Crippen LogP contribution in [0.2, 0.25) is 0 Å². The number of hydrogen-bond acceptors (Lipinski definition) is 1. The summed E-state index contributed by atoms with van der Waals surface area (Å²) in [6.07, 6.45) is 0. The fraction of sp³-hybridized carbons (Fsp3) is 0. The minimum atomic E-state index is -0.611. The van der Waals surface area contributed by atoms with Gasteiger partial charge in [-0.2, -0.15) is 0 Å². The van der Waals surface area contributed by atoms with Gasteiger partial charge in [-0.25, -0.2) is 0 Å². The van der Waals surface area contributed by atoms with Crippen LogP contribution in [0.1, 0.15) is 0 Å². The zero-order valence-electron chi connectivity index (χ0n) is 13.1. The van der Waals surface area contributed by atoms with E-state index in [9.17, 15) is 0 Å². The average Bonchev–Trinajstić information content (AvgIpc) is 2.64. The van der Waals surface area contributed by atoms with Gasteiger partial charge < -0.3 is 0 Å². The lowest BCUT2D eigenvalue weighted by Gasteiger charge is -2.21. The zero-order valence-corrected chi connectivity index (χ0v) is 14.9. The fourth-order valence-electron chi connectivity index (χ4n) is 3.07. The van der Waals surface area contributed by atoms with Crippen molar-refractivity contribution in [2.45, 2.75) is 4.90 Å². The lowest BCUT2D eigenvalue weighted by atomic mass is 10.1. The van der Waals surface area contributed by atoms with Gasteiger partial charge in [-0.15, -0.1) is 12.6 Å². The molecule has 2 heteroatoms. The Balaban J connectivity index is 2.02. The molecule has 0 aliphatic rings. The molecule has 24 heavy (non-hydrogen) atoms. The van der Waals surface area contributed by atoms with Crippen LogP contribution >= 0.6 is 20.6 Å². The van der Waals surface area contributed by atoms with Crippen molar-refractivity contribution in [1.29, 1.82) is 0 Å². The van der Waals surface area contributed by atoms with Gasteiger partial charge in [-0.05, 0) is 35.3 Å². The van der Waals surface area contributed by atoms with Crippen LogP contribution in [0.3, 0.4) is 0 Å². The molecule has 0 aliphatic carbocycles. The molecule has 4 aromatic carbocycles. The first kappa shape index (κ1) is 15.4. The van der Waals surface area contributed by atoms with E-state index in [-0.39, 0.29) is 0 Å². The van der Waals surface area contributed by atoms with Crippen molar-refractivity contribution in [3.63, 3.8) is 0 Å². The van der Waals surface area contributed by atoms with Crippen LogP contribution in [0.15, 0.2) is 102 Å². The molecule has 0 bridgehead atoms. The molecular formula is C22H17PS. The van der Waals surface area contributed by atoms with Gasteiger partial charge >= 0.3 is 0 Å². The Morgan fingerprint density at radius 2 is 1.08 bits per heavy atom. The summed E-state index contributed by atoms with van der Waals surface area (Å²) in [7, 11) is -0.611. The first-order valence-electron chi connectivity index (χ1n) is 7.95. The molecule has 0 unspecified atom stereocenters. The molecule has 0 nitrogen and oxygen atoms in total. The van der Waals surface area contributed by atoms with Gasteiger partial charge in [-0.3, -0.25) is 0 Å². The van der Waals surface area contributed by atoms with Crippen molar-refractivity contribution in [2.24, 2.45) is 0 Å². The SMILES string of the molecule is Sc1cccc2cccc(P(c3ccccc3)c3ccccc3)c12. The van der Waals surface area contributed by atoms with Crippen molar-refractivity contribution in [3.05, 3.63) is 97.1 Å². The maximum atomic E-state index is 4.75. The smallest absolute Gasteiger partial charge is 0.0125 e. The summed E-state index contributed by atoms with van der Waals surface area (Å²) in [4.78, 5) is 1.04. The van der Waals surface area contributed by atoms with Crippen molar-refractivity contribution in [2.75, 3.05) is 0 Å². The van der Waals surface area contributed by atoms with Crippen LogP contribution in [0.5, 0.6) is 0 Å². The van der Waals surface area contributed by atoms with Gasteiger partial charge in [0.25, 0.3) is 0 Å². The number of rotatable bonds is 3. The summed E-state index contributed by atoms with van der Waals surface area (Å²) < 4.78 is 0. The minimum absolute atomic E-state index is 0.611. The molecule has 0 heterocycles. The molecule has 0 radical (unpaired) electrons. The quantitative estimate of drug-likeness (QED) is 0.397. The van der Waals surface area contributed by atoms with Crippen LogP contribution in [0, 0.1) is 0 Å². The van der Waals surface area contributed by atoms with Crippen molar-refractivity contribution in [1.82, 2.24) is 0 Å². The molecule has 4 rings (SSSR count). The molecule has 0 amide bonds. The molecule has 0 aromatic heterocycles. The lowest BCUT2D eigenvalue weighted by Crippen LogP contribution is -2.21. The largest absolute Gasteiger partial charge is 0.143 e. The highest BCUT2D eigenvalue weighted by atomic mass is 32.1. The van der Waals surface area contributed by atoms with Crippen LogP contribution in [-0.2, 0) is 0 Å². The topological polar surface area (TPSA) is 0 Å². The number of hydrogen-bond donors (Lipinski definition) is 1. The Morgan fingerprint density at radius 1 is 0.542 bits per heavy atom. The predicted molar refractivity (Wildman–Crippen MR) is 110 cm³/mol. The third kappa shape index (κ3) is 2.86. The second-order valence-corrected chi connectivity index (χ2v) is 8.33. The van der Waals surface area contributed by atoms with E-state index in [2.05, 4.69) is 97.1 Å². The van der Waals surface area contributed by atoms with Gasteiger partial charge in [0.15, 0.2) is 0 Å². The lowest BCUT2D eigenvalue weighted by molar-refractivity contribution is 1.58. The van der Waals surface area contributed by atoms with E-state index >= 15 is 0 Å². The van der Waals surface area contributed by atoms with Gasteiger partial charge in [-0.1, -0.05) is 91.0 Å². The van der Waals surface area contributed by atoms with E-state index in [0.717, 1.165) is 4.90 Å². The molecule has 0 aliphatic heterocycles. The van der Waals surface area contributed by atoms with Crippen molar-refractivity contribution in [3.8, 4) is 0 Å². The Morgan fingerprint density at radius 3 is 1.67 bits per heavy atom. The molecule has 0 saturated heterocycles. The standard InChI is InChI=1S/C22H17PS/c24-21-16-8-10-17-9-7-15-20(22(17)21)23(18-11-3-1-4-12-18)19-13-5-2-6-14-19/h1-16,24H. The zero-order chi connectivity index (χ0) is 16.4. The van der Waals surface area contributed by atoms with Crippen LogP contribution in [-0.4, -0.2) is 0 Å². The molecular weight excluding hydrogens is 327 g/mol. The van der Waals surface area contributed by atoms with Crippen molar-refractivity contribution >= 4 is 47.2 Å². The maximum absolute atomic E-state index is 4.75. The van der Waals surface area contributed by atoms with Gasteiger partial charge in [0, 0.05) is 10.3 Å². The Bertz CT molecular complexity index is 920. The fourth-order valence-corrected chi connectivity index (χ4v) is 6.00. The van der Waals surface area contributed by atoms with Crippen molar-refractivity contribution < 1.29 is 0 Å². The summed E-state index contributed by atoms with van der Waals surface area (Å²) in [6.45, 7) is 0. The van der Waals surface area contributed by atoms with Gasteiger partial charge in [0.05, 0.1) is 0 Å². The summed E-state index contributed by atoms with van der Waals surface area (Å²) in [5, 5.41) is 6.61. The first-order chi connectivity index (χ1) is 11.8. The molecule has 0 fully saturated rings. The van der Waals surface area contributed by atoms with Gasteiger partial charge in [0.2, 0.25) is 0 Å². The van der Waals surface area contributed by atoms with E-state index in [0.29, 0.717) is 0 Å². The number of fused-ring (bicyclic) bond motifs is 1.